The molecule has 16 aromatic carbocycles. The van der Waals surface area contributed by atoms with Crippen LogP contribution in [0.15, 0.2) is 419 Å². The second-order valence-corrected chi connectivity index (χ2v) is 35.3. The summed E-state index contributed by atoms with van der Waals surface area (Å²) >= 11 is 0. The van der Waals surface area contributed by atoms with Crippen molar-refractivity contribution in [1.82, 2.24) is 0 Å². The SMILES string of the molecule is C[P+]1(c2cc(P3(=O)N(c4ccccc4-c4ccccc4)c4ccccc4N3c3ccccc3-c3ccccc3)cc(P3(=O)N(c4ccccc4-c4ccccc4)c4ccccc4N3c3ccccc3-c3ccccc3)c2)N(c2ccccc2-c2ccccc2)c2ccccc2N1c1ccccc1-c1ccccc1. The second kappa shape index (κ2) is 27.3. The van der Waals surface area contributed by atoms with Gasteiger partial charge in [0.2, 0.25) is 7.56 Å². The van der Waals surface area contributed by atoms with Crippen LogP contribution in [-0.4, -0.2) is 6.66 Å². The van der Waals surface area contributed by atoms with Crippen LogP contribution in [0.3, 0.4) is 0 Å². The Morgan fingerprint density at radius 1 is 0.194 bits per heavy atom. The van der Waals surface area contributed by atoms with Crippen molar-refractivity contribution >= 4 is 107 Å². The average Bonchev–Trinajstić information content (AvgIpc) is 1.51. The van der Waals surface area contributed by atoms with Crippen LogP contribution >= 0.6 is 22.5 Å². The molecule has 0 spiro atoms. The Morgan fingerprint density at radius 3 is 0.602 bits per heavy atom. The Bertz CT molecular complexity index is 5580. The molecule has 11 heteroatoms. The summed E-state index contributed by atoms with van der Waals surface area (Å²) < 4.78 is 54.1. The van der Waals surface area contributed by atoms with E-state index in [0.717, 1.165) is 140 Å². The largest absolute Gasteiger partial charge is 0.301 e. The van der Waals surface area contributed by atoms with Gasteiger partial charge in [-0.05, 0) is 124 Å². The number of fused-ring (bicyclic) bond motifs is 3. The molecule has 19 rings (SSSR count). The highest BCUT2D eigenvalue weighted by molar-refractivity contribution is 7.86. The molecule has 0 unspecified atom stereocenters. The molecule has 0 fully saturated rings. The van der Waals surface area contributed by atoms with E-state index in [1.807, 2.05) is 24.3 Å². The molecule has 3 aliphatic rings. The zero-order chi connectivity index (χ0) is 72.3. The molecule has 3 aliphatic heterocycles. The summed E-state index contributed by atoms with van der Waals surface area (Å²) in [5, 5.41) is 1.77. The molecule has 3 heterocycles. The summed E-state index contributed by atoms with van der Waals surface area (Å²) in [5.74, 6) is 0. The molecule has 0 bridgehead atoms. The molecule has 108 heavy (non-hydrogen) atoms. The third kappa shape index (κ3) is 10.7. The monoisotopic (exact) mass is 1450 g/mol. The van der Waals surface area contributed by atoms with E-state index in [0.29, 0.717) is 10.6 Å². The maximum absolute atomic E-state index is 20.2. The number of nitrogens with zero attached hydrogens (tertiary/aromatic N) is 6. The fourth-order valence-electron chi connectivity index (χ4n) is 16.5. The van der Waals surface area contributed by atoms with E-state index >= 15 is 9.13 Å². The lowest BCUT2D eigenvalue weighted by Gasteiger charge is -2.39. The topological polar surface area (TPSA) is 53.6 Å². The highest BCUT2D eigenvalue weighted by Crippen LogP contribution is 2.79. The molecule has 0 saturated carbocycles. The number of para-hydroxylation sites is 12. The summed E-state index contributed by atoms with van der Waals surface area (Å²) in [6.07, 6.45) is 0. The van der Waals surface area contributed by atoms with Gasteiger partial charge in [0.25, 0.3) is 0 Å². The number of anilines is 12. The smallest absolute Gasteiger partial charge is 0.269 e. The van der Waals surface area contributed by atoms with Crippen molar-refractivity contribution in [3.05, 3.63) is 419 Å². The molecule has 0 saturated heterocycles. The molecule has 16 aromatic rings. The number of rotatable bonds is 15. The Kier molecular flexibility index (Phi) is 16.7. The summed E-state index contributed by atoms with van der Waals surface area (Å²) in [4.78, 5) is 0. The fourth-order valence-corrected chi connectivity index (χ4v) is 26.8. The normalized spacial score (nSPS) is 14.3. The van der Waals surface area contributed by atoms with Gasteiger partial charge in [-0.25, -0.2) is 0 Å². The van der Waals surface area contributed by atoms with Crippen LogP contribution in [-0.2, 0) is 9.13 Å². The van der Waals surface area contributed by atoms with E-state index in [1.165, 1.54) is 0 Å². The van der Waals surface area contributed by atoms with Gasteiger partial charge in [0.05, 0.1) is 74.1 Å². The summed E-state index contributed by atoms with van der Waals surface area (Å²) in [5.41, 5.74) is 21.5. The highest BCUT2D eigenvalue weighted by Gasteiger charge is 2.61. The Hall–Kier alpha value is -12.8. The van der Waals surface area contributed by atoms with E-state index in [9.17, 15) is 0 Å². The van der Waals surface area contributed by atoms with Crippen molar-refractivity contribution in [3.63, 3.8) is 0 Å². The molecule has 0 atom stereocenters. The first-order valence-electron chi connectivity index (χ1n) is 36.5. The molecule has 0 radical (unpaired) electrons. The molecular weight excluding hydrogens is 1370 g/mol. The molecular formula is C97H72N6O2P3+. The first-order chi connectivity index (χ1) is 53.3. The van der Waals surface area contributed by atoms with Crippen molar-refractivity contribution in [3.8, 4) is 66.8 Å². The van der Waals surface area contributed by atoms with Crippen LogP contribution in [0, 0.1) is 0 Å². The molecule has 0 aromatic heterocycles. The number of benzene rings is 16. The van der Waals surface area contributed by atoms with Gasteiger partial charge >= 0.3 is 14.9 Å². The number of hydrogen-bond donors (Lipinski definition) is 0. The van der Waals surface area contributed by atoms with Crippen molar-refractivity contribution < 1.29 is 9.13 Å². The quantitative estimate of drug-likeness (QED) is 0.0942. The standard InChI is InChI=1S/C97H72N6O2P3/c1-106(98(86-56-26-20-50-80(86)71-38-8-2-9-39-71)92-62-32-33-63-93(92)99(106)87-57-27-21-51-81(87)72-40-10-3-11-41-72)77-68-78(107(104)100(88-58-28-22-52-82(88)73-42-12-4-13-43-73)94-64-34-35-65-95(94)101(107)89-59-29-23-53-83(89)74-44-14-5-15-45-74)70-79(69-77)108(105)102(90-60-30-24-54-84(90)75-46-16-6-17-47-75)96-66-36-37-67-97(96)103(108)91-61-31-25-55-85(91)76-48-18-7-19-49-76/h2-70H,1H3/q+1. The highest BCUT2D eigenvalue weighted by atomic mass is 31.2. The molecule has 8 nitrogen and oxygen atoms in total. The molecule has 0 amide bonds. The zero-order valence-corrected chi connectivity index (χ0v) is 61.9. The van der Waals surface area contributed by atoms with Crippen molar-refractivity contribution in [2.75, 3.05) is 34.7 Å². The predicted octanol–water partition coefficient (Wildman–Crippen LogP) is 26.4. The van der Waals surface area contributed by atoms with Gasteiger partial charge in [0.15, 0.2) is 0 Å². The van der Waals surface area contributed by atoms with Crippen LogP contribution in [0.4, 0.5) is 68.2 Å². The van der Waals surface area contributed by atoms with Gasteiger partial charge in [0.1, 0.15) is 16.7 Å². The maximum Gasteiger partial charge on any atom is 0.301 e. The first-order valence-corrected chi connectivity index (χ1v) is 41.9. The van der Waals surface area contributed by atoms with Crippen LogP contribution in [0.5, 0.6) is 0 Å². The van der Waals surface area contributed by atoms with Crippen LogP contribution in [0.2, 0.25) is 0 Å². The van der Waals surface area contributed by atoms with Gasteiger partial charge < -0.3 is 0 Å². The van der Waals surface area contributed by atoms with Crippen LogP contribution in [0.1, 0.15) is 0 Å². The van der Waals surface area contributed by atoms with E-state index in [2.05, 4.69) is 429 Å². The van der Waals surface area contributed by atoms with Gasteiger partial charge in [-0.2, -0.15) is 9.34 Å². The van der Waals surface area contributed by atoms with Gasteiger partial charge in [-0.1, -0.05) is 328 Å². The summed E-state index contributed by atoms with van der Waals surface area (Å²) in [6.45, 7) is 2.42. The molecule has 516 valence electrons. The van der Waals surface area contributed by atoms with Gasteiger partial charge in [0, 0.05) is 33.4 Å². The third-order valence-electron chi connectivity index (χ3n) is 21.2. The van der Waals surface area contributed by atoms with Gasteiger partial charge in [-0.3, -0.25) is 27.8 Å². The first kappa shape index (κ1) is 65.9. The minimum atomic E-state index is -4.61. The predicted molar refractivity (Wildman–Crippen MR) is 457 cm³/mol. The lowest BCUT2D eigenvalue weighted by Crippen LogP contribution is -2.39. The van der Waals surface area contributed by atoms with E-state index < -0.39 is 22.5 Å². The lowest BCUT2D eigenvalue weighted by atomic mass is 10.0. The summed E-state index contributed by atoms with van der Waals surface area (Å²) in [6, 6.07) is 146. The minimum absolute atomic E-state index is 0.473. The minimum Gasteiger partial charge on any atom is -0.269 e. The number of hydrogen-bond acceptors (Lipinski definition) is 4. The Morgan fingerprint density at radius 2 is 0.370 bits per heavy atom. The Labute approximate surface area is 631 Å². The average molecular weight is 1450 g/mol. The van der Waals surface area contributed by atoms with Crippen LogP contribution < -0.4 is 43.9 Å². The summed E-state index contributed by atoms with van der Waals surface area (Å²) in [7, 11) is -12.7. The van der Waals surface area contributed by atoms with Gasteiger partial charge in [-0.15, -0.1) is 0 Å². The Balaban J connectivity index is 1.01. The third-order valence-corrected chi connectivity index (χ3v) is 30.6. The second-order valence-electron chi connectivity index (χ2n) is 27.3. The maximum atomic E-state index is 20.2. The fraction of sp³-hybridized carbons (Fsp3) is 0.0103. The van der Waals surface area contributed by atoms with E-state index in [-0.39, 0.29) is 0 Å². The van der Waals surface area contributed by atoms with Crippen molar-refractivity contribution in [2.24, 2.45) is 0 Å². The van der Waals surface area contributed by atoms with Crippen LogP contribution in [0.25, 0.3) is 66.8 Å². The molecule has 0 aliphatic carbocycles. The lowest BCUT2D eigenvalue weighted by molar-refractivity contribution is 0.582. The van der Waals surface area contributed by atoms with Crippen molar-refractivity contribution in [2.45, 2.75) is 0 Å². The zero-order valence-electron chi connectivity index (χ0n) is 59.2. The van der Waals surface area contributed by atoms with E-state index in [4.69, 9.17) is 0 Å². The van der Waals surface area contributed by atoms with E-state index in [1.54, 1.807) is 0 Å². The molecule has 0 N–H and O–H groups in total. The van der Waals surface area contributed by atoms with Crippen molar-refractivity contribution in [1.29, 1.82) is 0 Å².